The maximum Gasteiger partial charge on any atom is 0.350 e. The lowest BCUT2D eigenvalue weighted by Gasteiger charge is -2.11. The maximum atomic E-state index is 11.3. The summed E-state index contributed by atoms with van der Waals surface area (Å²) in [6, 6.07) is 6.94. The van der Waals surface area contributed by atoms with E-state index in [1.54, 1.807) is 31.4 Å². The zero-order valence-electron chi connectivity index (χ0n) is 11.6. The van der Waals surface area contributed by atoms with Crippen LogP contribution in [0.3, 0.4) is 0 Å². The van der Waals surface area contributed by atoms with Crippen molar-refractivity contribution in [3.8, 4) is 17.6 Å². The molecule has 6 heteroatoms. The molecular weight excluding hydrogens is 260 g/mol. The van der Waals surface area contributed by atoms with Crippen LogP contribution >= 0.6 is 0 Å². The molecule has 0 spiro atoms. The second-order valence-corrected chi connectivity index (χ2v) is 3.60. The van der Waals surface area contributed by atoms with Crippen LogP contribution in [0.2, 0.25) is 0 Å². The highest BCUT2D eigenvalue weighted by atomic mass is 16.5. The van der Waals surface area contributed by atoms with Gasteiger partial charge in [0.05, 0.1) is 26.5 Å². The normalized spacial score (nSPS) is 10.4. The molecule has 1 aromatic carbocycles. The van der Waals surface area contributed by atoms with Gasteiger partial charge in [-0.25, -0.2) is 4.79 Å². The third-order valence-electron chi connectivity index (χ3n) is 2.39. The van der Waals surface area contributed by atoms with E-state index in [1.807, 2.05) is 6.92 Å². The summed E-state index contributed by atoms with van der Waals surface area (Å²) >= 11 is 0. The van der Waals surface area contributed by atoms with E-state index in [0.29, 0.717) is 23.8 Å². The summed E-state index contributed by atoms with van der Waals surface area (Å²) < 4.78 is 15.1. The van der Waals surface area contributed by atoms with Crippen LogP contribution in [0.15, 0.2) is 30.0 Å². The van der Waals surface area contributed by atoms with Gasteiger partial charge in [-0.05, 0) is 19.1 Å². The molecule has 0 aromatic heterocycles. The van der Waals surface area contributed by atoms with E-state index in [1.165, 1.54) is 13.3 Å². The molecule has 6 nitrogen and oxygen atoms in total. The summed E-state index contributed by atoms with van der Waals surface area (Å²) in [4.78, 5) is 11.3. The van der Waals surface area contributed by atoms with Gasteiger partial charge in [-0.15, -0.1) is 0 Å². The largest absolute Gasteiger partial charge is 0.497 e. The molecule has 1 aromatic rings. The van der Waals surface area contributed by atoms with E-state index in [2.05, 4.69) is 10.1 Å². The Balaban J connectivity index is 2.99. The Morgan fingerprint density at radius 1 is 1.45 bits per heavy atom. The average Bonchev–Trinajstić information content (AvgIpc) is 2.48. The minimum atomic E-state index is -0.702. The van der Waals surface area contributed by atoms with Crippen molar-refractivity contribution in [2.45, 2.75) is 6.92 Å². The fourth-order valence-electron chi connectivity index (χ4n) is 1.42. The smallest absolute Gasteiger partial charge is 0.350 e. The molecule has 1 rings (SSSR count). The highest BCUT2D eigenvalue weighted by Crippen LogP contribution is 2.29. The second kappa shape index (κ2) is 7.69. The van der Waals surface area contributed by atoms with Crippen molar-refractivity contribution in [3.05, 3.63) is 30.0 Å². The van der Waals surface area contributed by atoms with Gasteiger partial charge in [-0.2, -0.15) is 5.26 Å². The fraction of sp³-hybridized carbons (Fsp3) is 0.286. The molecule has 106 valence electrons. The van der Waals surface area contributed by atoms with Crippen LogP contribution in [0, 0.1) is 11.3 Å². The molecule has 0 amide bonds. The van der Waals surface area contributed by atoms with Crippen molar-refractivity contribution >= 4 is 11.7 Å². The maximum absolute atomic E-state index is 11.3. The minimum Gasteiger partial charge on any atom is -0.497 e. The fourth-order valence-corrected chi connectivity index (χ4v) is 1.42. The molecule has 1 N–H and O–H groups in total. The number of nitrogens with zero attached hydrogens (tertiary/aromatic N) is 1. The third kappa shape index (κ3) is 3.92. The van der Waals surface area contributed by atoms with Crippen molar-refractivity contribution < 1.29 is 19.0 Å². The Labute approximate surface area is 117 Å². The number of methoxy groups -OCH3 is 2. The number of rotatable bonds is 6. The molecule has 0 radical (unpaired) electrons. The molecule has 0 aliphatic rings. The lowest BCUT2D eigenvalue weighted by atomic mass is 10.2. The molecule has 0 aliphatic carbocycles. The van der Waals surface area contributed by atoms with Gasteiger partial charge in [0.15, 0.2) is 5.57 Å². The summed E-state index contributed by atoms with van der Waals surface area (Å²) in [6.07, 6.45) is 1.27. The minimum absolute atomic E-state index is 0.134. The molecule has 0 atom stereocenters. The highest BCUT2D eigenvalue weighted by Gasteiger charge is 2.09. The predicted molar refractivity (Wildman–Crippen MR) is 73.5 cm³/mol. The van der Waals surface area contributed by atoms with Crippen LogP contribution in [-0.2, 0) is 9.53 Å². The second-order valence-electron chi connectivity index (χ2n) is 3.60. The molecular formula is C14H16N2O4. The monoisotopic (exact) mass is 276 g/mol. The molecule has 0 saturated carbocycles. The first kappa shape index (κ1) is 15.4. The number of anilines is 1. The lowest BCUT2D eigenvalue weighted by Crippen LogP contribution is -2.05. The zero-order valence-corrected chi connectivity index (χ0v) is 11.6. The Hall–Kier alpha value is -2.68. The number of hydrogen-bond acceptors (Lipinski definition) is 6. The van der Waals surface area contributed by atoms with Crippen molar-refractivity contribution in [1.82, 2.24) is 0 Å². The molecule has 20 heavy (non-hydrogen) atoms. The molecule has 0 unspecified atom stereocenters. The quantitative estimate of drug-likeness (QED) is 0.487. The van der Waals surface area contributed by atoms with Crippen LogP contribution in [0.5, 0.6) is 11.5 Å². The molecule has 0 heterocycles. The van der Waals surface area contributed by atoms with E-state index >= 15 is 0 Å². The number of hydrogen-bond donors (Lipinski definition) is 1. The van der Waals surface area contributed by atoms with E-state index < -0.39 is 5.97 Å². The summed E-state index contributed by atoms with van der Waals surface area (Å²) in [5, 5.41) is 11.7. The molecule has 0 bridgehead atoms. The summed E-state index contributed by atoms with van der Waals surface area (Å²) in [5.41, 5.74) is 0.482. The van der Waals surface area contributed by atoms with E-state index in [9.17, 15) is 4.79 Å². The first-order chi connectivity index (χ1) is 9.65. The number of nitrogens with one attached hydrogen (secondary N) is 1. The van der Waals surface area contributed by atoms with Crippen molar-refractivity contribution in [3.63, 3.8) is 0 Å². The van der Waals surface area contributed by atoms with Gasteiger partial charge >= 0.3 is 5.97 Å². The van der Waals surface area contributed by atoms with Gasteiger partial charge < -0.3 is 19.5 Å². The zero-order chi connectivity index (χ0) is 15.0. The first-order valence-corrected chi connectivity index (χ1v) is 5.92. The summed E-state index contributed by atoms with van der Waals surface area (Å²) in [5.74, 6) is 0.508. The standard InChI is InChI=1S/C14H16N2O4/c1-4-20-13-7-11(18-2)5-6-12(13)16-9-10(8-15)14(17)19-3/h5-7,9,16H,4H2,1-3H3. The number of nitriles is 1. The SMILES string of the molecule is CCOc1cc(OC)ccc1NC=C(C#N)C(=O)OC. The number of carbonyl (C=O) groups excluding carboxylic acids is 1. The topological polar surface area (TPSA) is 80.6 Å². The summed E-state index contributed by atoms with van der Waals surface area (Å²) in [7, 11) is 2.77. The van der Waals surface area contributed by atoms with Crippen LogP contribution in [-0.4, -0.2) is 26.8 Å². The molecule has 0 saturated heterocycles. The Morgan fingerprint density at radius 2 is 2.20 bits per heavy atom. The van der Waals surface area contributed by atoms with Gasteiger partial charge in [-0.3, -0.25) is 0 Å². The van der Waals surface area contributed by atoms with Crippen LogP contribution in [0.25, 0.3) is 0 Å². The molecule has 0 aliphatic heterocycles. The number of benzene rings is 1. The van der Waals surface area contributed by atoms with E-state index in [-0.39, 0.29) is 5.57 Å². The van der Waals surface area contributed by atoms with Gasteiger partial charge in [0.1, 0.15) is 17.6 Å². The first-order valence-electron chi connectivity index (χ1n) is 5.92. The lowest BCUT2D eigenvalue weighted by molar-refractivity contribution is -0.135. The predicted octanol–water partition coefficient (Wildman–Crippen LogP) is 2.09. The Morgan fingerprint density at radius 3 is 2.75 bits per heavy atom. The number of esters is 1. The van der Waals surface area contributed by atoms with Crippen molar-refractivity contribution in [1.29, 1.82) is 5.26 Å². The van der Waals surface area contributed by atoms with E-state index in [0.717, 1.165) is 0 Å². The van der Waals surface area contributed by atoms with Crippen LogP contribution in [0.4, 0.5) is 5.69 Å². The average molecular weight is 276 g/mol. The van der Waals surface area contributed by atoms with Gasteiger partial charge in [0.2, 0.25) is 0 Å². The highest BCUT2D eigenvalue weighted by molar-refractivity contribution is 5.93. The molecule has 0 fully saturated rings. The van der Waals surface area contributed by atoms with Gasteiger partial charge in [0, 0.05) is 12.3 Å². The number of ether oxygens (including phenoxy) is 3. The summed E-state index contributed by atoms with van der Waals surface area (Å²) in [6.45, 7) is 2.34. The third-order valence-corrected chi connectivity index (χ3v) is 2.39. The Kier molecular flexibility index (Phi) is 5.91. The van der Waals surface area contributed by atoms with Gasteiger partial charge in [0.25, 0.3) is 0 Å². The van der Waals surface area contributed by atoms with Gasteiger partial charge in [-0.1, -0.05) is 0 Å². The van der Waals surface area contributed by atoms with Crippen LogP contribution < -0.4 is 14.8 Å². The van der Waals surface area contributed by atoms with E-state index in [4.69, 9.17) is 14.7 Å². The van der Waals surface area contributed by atoms with Crippen molar-refractivity contribution in [2.75, 3.05) is 26.1 Å². The number of carbonyl (C=O) groups is 1. The van der Waals surface area contributed by atoms with Crippen LogP contribution in [0.1, 0.15) is 6.92 Å². The Bertz CT molecular complexity index is 547. The van der Waals surface area contributed by atoms with Crippen molar-refractivity contribution in [2.24, 2.45) is 0 Å².